The Labute approximate surface area is 160 Å². The predicted octanol–water partition coefficient (Wildman–Crippen LogP) is 1.98. The summed E-state index contributed by atoms with van der Waals surface area (Å²) in [5.74, 6) is -13.5. The molecule has 0 aliphatic carbocycles. The molecule has 1 unspecified atom stereocenters. The fourth-order valence-corrected chi connectivity index (χ4v) is 2.20. The summed E-state index contributed by atoms with van der Waals surface area (Å²) in [5.41, 5.74) is 0. The van der Waals surface area contributed by atoms with Crippen LogP contribution in [0.15, 0.2) is 12.7 Å². The van der Waals surface area contributed by atoms with Crippen molar-refractivity contribution in [3.05, 3.63) is 12.7 Å². The van der Waals surface area contributed by atoms with Crippen molar-refractivity contribution < 1.29 is 62.8 Å². The molecule has 0 aromatic carbocycles. The molecule has 8 nitrogen and oxygen atoms in total. The zero-order valence-electron chi connectivity index (χ0n) is 14.8. The molecule has 29 heavy (non-hydrogen) atoms. The Morgan fingerprint density at radius 3 is 1.93 bits per heavy atom. The average molecular weight is 463 g/mol. The van der Waals surface area contributed by atoms with E-state index in [0.29, 0.717) is 4.90 Å². The molecule has 0 aliphatic heterocycles. The Kier molecular flexibility index (Phi) is 8.24. The molecule has 0 aromatic rings. The Morgan fingerprint density at radius 1 is 1.10 bits per heavy atom. The van der Waals surface area contributed by atoms with Gasteiger partial charge in [-0.2, -0.15) is 39.2 Å². The van der Waals surface area contributed by atoms with Crippen LogP contribution in [0.2, 0.25) is 0 Å². The van der Waals surface area contributed by atoms with Gasteiger partial charge in [0.05, 0.1) is 6.61 Å². The summed E-state index contributed by atoms with van der Waals surface area (Å²) in [4.78, 5) is 23.5. The summed E-state index contributed by atoms with van der Waals surface area (Å²) in [6, 6.07) is 0. The maximum Gasteiger partial charge on any atom is 0.466 e. The van der Waals surface area contributed by atoms with Crippen molar-refractivity contribution in [3.8, 4) is 0 Å². The second kappa shape index (κ2) is 8.83. The minimum absolute atomic E-state index is 0.244. The standard InChI is InChI=1S/C13H16F7NO7S/c1-4-8(22)28-11(12(16,17)18,9(23)21(2)3)27-7-5-6-10(14,15)13(19,20)29(24,25)26/h4H,1,5-7H2,2-3H3,(H,24,25,26). The predicted molar refractivity (Wildman–Crippen MR) is 80.4 cm³/mol. The van der Waals surface area contributed by atoms with E-state index >= 15 is 0 Å². The number of esters is 1. The fourth-order valence-electron chi connectivity index (χ4n) is 1.72. The zero-order chi connectivity index (χ0) is 23.5. The first-order valence-electron chi connectivity index (χ1n) is 7.27. The normalized spacial score (nSPS) is 15.4. The Balaban J connectivity index is 5.63. The first kappa shape index (κ1) is 27.1. The van der Waals surface area contributed by atoms with Crippen LogP contribution in [-0.4, -0.2) is 73.6 Å². The van der Waals surface area contributed by atoms with Crippen molar-refractivity contribution in [2.75, 3.05) is 20.7 Å². The molecule has 0 spiro atoms. The van der Waals surface area contributed by atoms with Crippen molar-refractivity contribution >= 4 is 22.0 Å². The molecule has 1 amide bonds. The van der Waals surface area contributed by atoms with E-state index in [2.05, 4.69) is 16.1 Å². The minimum Gasteiger partial charge on any atom is -0.412 e. The molecule has 0 rings (SSSR count). The second-order valence-electron chi connectivity index (χ2n) is 5.59. The molecule has 0 radical (unpaired) electrons. The smallest absolute Gasteiger partial charge is 0.412 e. The molecule has 0 saturated heterocycles. The number of likely N-dealkylation sites (N-methyl/N-ethyl adjacent to an activating group) is 1. The van der Waals surface area contributed by atoms with Crippen molar-refractivity contribution in [2.45, 2.75) is 36.0 Å². The summed E-state index contributed by atoms with van der Waals surface area (Å²) in [5, 5.41) is -5.93. The van der Waals surface area contributed by atoms with Gasteiger partial charge in [-0.05, 0) is 6.42 Å². The number of halogens is 7. The van der Waals surface area contributed by atoms with E-state index in [-0.39, 0.29) is 6.08 Å². The lowest BCUT2D eigenvalue weighted by molar-refractivity contribution is -0.350. The number of carbonyl (C=O) groups excluding carboxylic acids is 2. The van der Waals surface area contributed by atoms with Gasteiger partial charge in [-0.15, -0.1) is 0 Å². The summed E-state index contributed by atoms with van der Waals surface area (Å²) >= 11 is 0. The number of hydrogen-bond acceptors (Lipinski definition) is 6. The number of rotatable bonds is 10. The van der Waals surface area contributed by atoms with Gasteiger partial charge in [-0.3, -0.25) is 9.35 Å². The summed E-state index contributed by atoms with van der Waals surface area (Å²) in [6.07, 6.45) is -8.91. The quantitative estimate of drug-likeness (QED) is 0.132. The fraction of sp³-hybridized carbons (Fsp3) is 0.692. The highest BCUT2D eigenvalue weighted by molar-refractivity contribution is 7.87. The van der Waals surface area contributed by atoms with Gasteiger partial charge in [0.15, 0.2) is 0 Å². The third-order valence-electron chi connectivity index (χ3n) is 3.16. The van der Waals surface area contributed by atoms with Crippen LogP contribution in [0.1, 0.15) is 12.8 Å². The highest BCUT2D eigenvalue weighted by atomic mass is 32.2. The number of alkyl halides is 7. The number of amides is 1. The molecule has 16 heteroatoms. The van der Waals surface area contributed by atoms with Gasteiger partial charge in [-0.1, -0.05) is 6.58 Å². The lowest BCUT2D eigenvalue weighted by Crippen LogP contribution is -2.61. The monoisotopic (exact) mass is 463 g/mol. The maximum absolute atomic E-state index is 13.4. The lowest BCUT2D eigenvalue weighted by atomic mass is 10.2. The van der Waals surface area contributed by atoms with Crippen molar-refractivity contribution in [1.82, 2.24) is 4.90 Å². The topological polar surface area (TPSA) is 110 Å². The summed E-state index contributed by atoms with van der Waals surface area (Å²) in [6.45, 7) is 1.33. The van der Waals surface area contributed by atoms with Crippen LogP contribution >= 0.6 is 0 Å². The first-order valence-corrected chi connectivity index (χ1v) is 8.71. The van der Waals surface area contributed by atoms with Gasteiger partial charge in [0, 0.05) is 26.6 Å². The van der Waals surface area contributed by atoms with Gasteiger partial charge in [0.25, 0.3) is 0 Å². The van der Waals surface area contributed by atoms with Crippen LogP contribution in [0.4, 0.5) is 30.7 Å². The van der Waals surface area contributed by atoms with E-state index in [4.69, 9.17) is 4.55 Å². The van der Waals surface area contributed by atoms with Gasteiger partial charge in [0.1, 0.15) is 0 Å². The van der Waals surface area contributed by atoms with Gasteiger partial charge in [0.2, 0.25) is 0 Å². The molecule has 0 bridgehead atoms. The number of nitrogens with zero attached hydrogens (tertiary/aromatic N) is 1. The van der Waals surface area contributed by atoms with Crippen LogP contribution in [0, 0.1) is 0 Å². The minimum atomic E-state index is -6.54. The number of carbonyl (C=O) groups is 2. The molecule has 0 heterocycles. The second-order valence-corrected chi connectivity index (χ2v) is 7.05. The molecule has 0 aromatic heterocycles. The molecule has 170 valence electrons. The molecule has 0 fully saturated rings. The van der Waals surface area contributed by atoms with Crippen LogP contribution in [0.3, 0.4) is 0 Å². The van der Waals surface area contributed by atoms with E-state index in [1.807, 2.05) is 0 Å². The van der Waals surface area contributed by atoms with Crippen molar-refractivity contribution in [3.63, 3.8) is 0 Å². The third-order valence-corrected chi connectivity index (χ3v) is 4.11. The Bertz CT molecular complexity index is 736. The van der Waals surface area contributed by atoms with Gasteiger partial charge in [-0.25, -0.2) is 4.79 Å². The zero-order valence-corrected chi connectivity index (χ0v) is 15.6. The number of ether oxygens (including phenoxy) is 2. The largest absolute Gasteiger partial charge is 0.466 e. The highest BCUT2D eigenvalue weighted by Gasteiger charge is 2.67. The molecule has 1 N–H and O–H groups in total. The SMILES string of the molecule is C=CC(=O)OC(OCCCC(F)(F)C(F)(F)S(=O)(=O)O)(C(=O)N(C)C)C(F)(F)F. The molecular formula is C13H16F7NO7S. The first-order chi connectivity index (χ1) is 12.8. The highest BCUT2D eigenvalue weighted by Crippen LogP contribution is 2.42. The third kappa shape index (κ3) is 5.79. The molecule has 1 atom stereocenters. The van der Waals surface area contributed by atoms with E-state index in [9.17, 15) is 48.7 Å². The van der Waals surface area contributed by atoms with Gasteiger partial charge < -0.3 is 14.4 Å². The van der Waals surface area contributed by atoms with Crippen molar-refractivity contribution in [2.24, 2.45) is 0 Å². The molecular weight excluding hydrogens is 447 g/mol. The van der Waals surface area contributed by atoms with E-state index < -0.39 is 64.6 Å². The summed E-state index contributed by atoms with van der Waals surface area (Å²) in [7, 11) is -4.91. The van der Waals surface area contributed by atoms with Crippen LogP contribution in [0.5, 0.6) is 0 Å². The Morgan fingerprint density at radius 2 is 1.59 bits per heavy atom. The summed E-state index contributed by atoms with van der Waals surface area (Å²) < 4.78 is 130. The Hall–Kier alpha value is -1.94. The van der Waals surface area contributed by atoms with E-state index in [1.54, 1.807) is 0 Å². The van der Waals surface area contributed by atoms with E-state index in [1.165, 1.54) is 0 Å². The maximum atomic E-state index is 13.4. The molecule has 0 saturated carbocycles. The van der Waals surface area contributed by atoms with Gasteiger partial charge >= 0.3 is 45.1 Å². The number of hydrogen-bond donors (Lipinski definition) is 1. The van der Waals surface area contributed by atoms with Crippen LogP contribution in [-0.2, 0) is 29.2 Å². The van der Waals surface area contributed by atoms with Crippen LogP contribution < -0.4 is 0 Å². The van der Waals surface area contributed by atoms with Crippen LogP contribution in [0.25, 0.3) is 0 Å². The van der Waals surface area contributed by atoms with Crippen molar-refractivity contribution in [1.29, 1.82) is 0 Å². The molecule has 0 aliphatic rings. The average Bonchev–Trinajstić information content (AvgIpc) is 2.54. The van der Waals surface area contributed by atoms with E-state index in [0.717, 1.165) is 14.1 Å². The lowest BCUT2D eigenvalue weighted by Gasteiger charge is -2.34.